The summed E-state index contributed by atoms with van der Waals surface area (Å²) in [6.45, 7) is 4.77. The number of nitrogens with zero attached hydrogens (tertiary/aromatic N) is 3. The highest BCUT2D eigenvalue weighted by atomic mass is 32.1. The third-order valence-corrected chi connectivity index (χ3v) is 9.79. The predicted molar refractivity (Wildman–Crippen MR) is 154 cm³/mol. The van der Waals surface area contributed by atoms with Gasteiger partial charge in [0.25, 0.3) is 0 Å². The summed E-state index contributed by atoms with van der Waals surface area (Å²) in [7, 11) is 1.56. The zero-order valence-electron chi connectivity index (χ0n) is 23.0. The van der Waals surface area contributed by atoms with Crippen molar-refractivity contribution in [2.24, 2.45) is 0 Å². The molecule has 4 aromatic rings. The number of carboxylic acid groups (broad SMARTS) is 1. The van der Waals surface area contributed by atoms with Crippen LogP contribution < -0.4 is 9.64 Å². The van der Waals surface area contributed by atoms with E-state index in [1.54, 1.807) is 30.6 Å². The van der Waals surface area contributed by atoms with E-state index < -0.39 is 5.97 Å². The van der Waals surface area contributed by atoms with E-state index >= 15 is 0 Å². The Morgan fingerprint density at radius 3 is 2.50 bits per heavy atom. The number of ether oxygens (including phenoxy) is 2. The molecule has 3 fully saturated rings. The van der Waals surface area contributed by atoms with Crippen LogP contribution in [-0.4, -0.2) is 46.5 Å². The zero-order valence-corrected chi connectivity index (χ0v) is 23.8. The summed E-state index contributed by atoms with van der Waals surface area (Å²) < 4.78 is 18.9. The average molecular weight is 560 g/mol. The van der Waals surface area contributed by atoms with Crippen molar-refractivity contribution in [2.75, 3.05) is 12.0 Å². The predicted octanol–water partition coefficient (Wildman–Crippen LogP) is 6.87. The lowest BCUT2D eigenvalue weighted by Crippen LogP contribution is -2.45. The standard InChI is InChI=1S/C31H33N3O5S/c1-16-5-4-6-17(2)26(16)27-23(29(39-33-27)18-7-8-18)15-38-22-13-20-9-10-21(14-22)34(20)31-32-28-24(37-3)11-19(30(35)36)12-25(28)40-31/h4-6,11-12,18,20-22H,7-10,13-15H2,1-3H3,(H,35,36)/t20-,21?,22?/m0/s1. The van der Waals surface area contributed by atoms with Crippen LogP contribution in [0.4, 0.5) is 5.13 Å². The molecule has 208 valence electrons. The number of thiazole rings is 1. The molecule has 2 bridgehead atoms. The lowest BCUT2D eigenvalue weighted by molar-refractivity contribution is 0.0147. The summed E-state index contributed by atoms with van der Waals surface area (Å²) in [4.78, 5) is 19.0. The Morgan fingerprint density at radius 2 is 1.85 bits per heavy atom. The monoisotopic (exact) mass is 559 g/mol. The number of methoxy groups -OCH3 is 1. The van der Waals surface area contributed by atoms with Crippen molar-refractivity contribution >= 4 is 32.7 Å². The second kappa shape index (κ2) is 9.89. The Morgan fingerprint density at radius 1 is 1.12 bits per heavy atom. The molecular weight excluding hydrogens is 526 g/mol. The first-order valence-corrected chi connectivity index (χ1v) is 14.9. The lowest BCUT2D eigenvalue weighted by atomic mass is 9.96. The number of aryl methyl sites for hydroxylation is 2. The van der Waals surface area contributed by atoms with Gasteiger partial charge >= 0.3 is 5.97 Å². The number of fused-ring (bicyclic) bond motifs is 3. The van der Waals surface area contributed by atoms with E-state index in [1.807, 2.05) is 0 Å². The molecule has 2 unspecified atom stereocenters. The molecule has 8 nitrogen and oxygen atoms in total. The smallest absolute Gasteiger partial charge is 0.335 e. The largest absolute Gasteiger partial charge is 0.494 e. The number of hydrogen-bond acceptors (Lipinski definition) is 8. The van der Waals surface area contributed by atoms with Gasteiger partial charge in [0.2, 0.25) is 0 Å². The zero-order chi connectivity index (χ0) is 27.5. The molecule has 3 aliphatic rings. The van der Waals surface area contributed by atoms with Crippen molar-refractivity contribution in [1.29, 1.82) is 0 Å². The second-order valence-electron chi connectivity index (χ2n) is 11.4. The molecule has 40 heavy (non-hydrogen) atoms. The van der Waals surface area contributed by atoms with Gasteiger partial charge in [0.1, 0.15) is 22.7 Å². The summed E-state index contributed by atoms with van der Waals surface area (Å²) in [6.07, 6.45) is 6.54. The van der Waals surface area contributed by atoms with Crippen LogP contribution in [0.25, 0.3) is 21.5 Å². The minimum atomic E-state index is -0.966. The summed E-state index contributed by atoms with van der Waals surface area (Å²) in [5.74, 6) is 0.997. The highest BCUT2D eigenvalue weighted by Crippen LogP contribution is 2.47. The van der Waals surface area contributed by atoms with Crippen LogP contribution in [0.1, 0.15) is 77.3 Å². The molecule has 0 spiro atoms. The first-order chi connectivity index (χ1) is 19.4. The van der Waals surface area contributed by atoms with Crippen LogP contribution >= 0.6 is 11.3 Å². The highest BCUT2D eigenvalue weighted by Gasteiger charge is 2.43. The van der Waals surface area contributed by atoms with Crippen LogP contribution in [0, 0.1) is 13.8 Å². The molecule has 1 N–H and O–H groups in total. The Balaban J connectivity index is 1.11. The molecule has 0 radical (unpaired) electrons. The van der Waals surface area contributed by atoms with Crippen LogP contribution in [0.3, 0.4) is 0 Å². The minimum Gasteiger partial charge on any atom is -0.494 e. The summed E-state index contributed by atoms with van der Waals surface area (Å²) in [6, 6.07) is 10.3. The molecular formula is C31H33N3O5S. The molecule has 2 aromatic heterocycles. The van der Waals surface area contributed by atoms with Crippen molar-refractivity contribution in [1.82, 2.24) is 10.1 Å². The normalized spacial score (nSPS) is 22.3. The number of anilines is 1. The van der Waals surface area contributed by atoms with Crippen LogP contribution in [0.5, 0.6) is 5.75 Å². The Bertz CT molecular complexity index is 1570. The first-order valence-electron chi connectivity index (χ1n) is 14.1. The van der Waals surface area contributed by atoms with Crippen molar-refractivity contribution in [3.63, 3.8) is 0 Å². The molecule has 4 heterocycles. The molecule has 2 aliphatic heterocycles. The van der Waals surface area contributed by atoms with Gasteiger partial charge in [-0.1, -0.05) is 34.7 Å². The summed E-state index contributed by atoms with van der Waals surface area (Å²) >= 11 is 1.55. The molecule has 1 aliphatic carbocycles. The first kappa shape index (κ1) is 25.5. The lowest BCUT2D eigenvalue weighted by Gasteiger charge is -2.38. The van der Waals surface area contributed by atoms with Gasteiger partial charge in [-0.3, -0.25) is 0 Å². The maximum absolute atomic E-state index is 11.6. The van der Waals surface area contributed by atoms with Gasteiger partial charge in [-0.2, -0.15) is 0 Å². The van der Waals surface area contributed by atoms with E-state index in [9.17, 15) is 9.90 Å². The van der Waals surface area contributed by atoms with E-state index in [2.05, 4.69) is 42.1 Å². The average Bonchev–Trinajstić information content (AvgIpc) is 3.46. The van der Waals surface area contributed by atoms with Crippen LogP contribution in [0.15, 0.2) is 34.9 Å². The number of aromatic carboxylic acids is 1. The number of benzene rings is 2. The Kier molecular flexibility index (Phi) is 6.31. The fourth-order valence-electron chi connectivity index (χ4n) is 6.67. The van der Waals surface area contributed by atoms with E-state index in [0.29, 0.717) is 30.4 Å². The molecule has 0 amide bonds. The topological polar surface area (TPSA) is 97.9 Å². The molecule has 2 saturated heterocycles. The van der Waals surface area contributed by atoms with Crippen molar-refractivity contribution in [2.45, 2.75) is 83.1 Å². The number of hydrogen-bond donors (Lipinski definition) is 1. The Hall–Kier alpha value is -3.43. The van der Waals surface area contributed by atoms with Gasteiger partial charge in [-0.15, -0.1) is 0 Å². The summed E-state index contributed by atoms with van der Waals surface area (Å²) in [5, 5.41) is 15.0. The fraction of sp³-hybridized carbons (Fsp3) is 0.452. The summed E-state index contributed by atoms with van der Waals surface area (Å²) in [5.41, 5.74) is 6.55. The van der Waals surface area contributed by atoms with Crippen molar-refractivity contribution < 1.29 is 23.9 Å². The number of carboxylic acids is 1. The molecule has 1 saturated carbocycles. The van der Waals surface area contributed by atoms with Crippen molar-refractivity contribution in [3.05, 3.63) is 58.3 Å². The number of piperidine rings is 1. The SMILES string of the molecule is COc1cc(C(=O)O)cc2sc(N3C4CC[C@H]3CC(OCc3c(-c5c(C)cccc5C)noc3C3CC3)C4)nc12. The van der Waals surface area contributed by atoms with Gasteiger partial charge in [0, 0.05) is 29.1 Å². The highest BCUT2D eigenvalue weighted by molar-refractivity contribution is 7.22. The van der Waals surface area contributed by atoms with Crippen LogP contribution in [0.2, 0.25) is 0 Å². The maximum atomic E-state index is 11.6. The molecule has 3 atom stereocenters. The maximum Gasteiger partial charge on any atom is 0.335 e. The Labute approximate surface area is 236 Å². The van der Waals surface area contributed by atoms with E-state index in [-0.39, 0.29) is 11.7 Å². The van der Waals surface area contributed by atoms with E-state index in [4.69, 9.17) is 19.0 Å². The molecule has 9 heteroatoms. The number of rotatable bonds is 8. The molecule has 2 aromatic carbocycles. The third-order valence-electron chi connectivity index (χ3n) is 8.77. The number of aromatic nitrogens is 2. The quantitative estimate of drug-likeness (QED) is 0.250. The van der Waals surface area contributed by atoms with E-state index in [0.717, 1.165) is 76.5 Å². The fourth-order valence-corrected chi connectivity index (χ4v) is 7.83. The van der Waals surface area contributed by atoms with Gasteiger partial charge in [-0.25, -0.2) is 9.78 Å². The minimum absolute atomic E-state index is 0.157. The van der Waals surface area contributed by atoms with Gasteiger partial charge in [0.15, 0.2) is 5.13 Å². The van der Waals surface area contributed by atoms with Crippen molar-refractivity contribution in [3.8, 4) is 17.0 Å². The van der Waals surface area contributed by atoms with Gasteiger partial charge in [-0.05, 0) is 75.6 Å². The molecule has 7 rings (SSSR count). The number of carbonyl (C=O) groups is 1. The van der Waals surface area contributed by atoms with Gasteiger partial charge < -0.3 is 24.0 Å². The van der Waals surface area contributed by atoms with E-state index in [1.165, 1.54) is 11.1 Å². The van der Waals surface area contributed by atoms with Gasteiger partial charge in [0.05, 0.1) is 30.1 Å². The second-order valence-corrected chi connectivity index (χ2v) is 12.4. The van der Waals surface area contributed by atoms with Crippen LogP contribution in [-0.2, 0) is 11.3 Å². The third kappa shape index (κ3) is 4.36.